The largest absolute Gasteiger partial charge is 0.617 e. The van der Waals surface area contributed by atoms with Gasteiger partial charge in [-0.05, 0) is 12.1 Å². The highest BCUT2D eigenvalue weighted by atomic mass is 16.5. The number of hydrogen-bond acceptors (Lipinski definition) is 2. The van der Waals surface area contributed by atoms with E-state index in [9.17, 15) is 5.21 Å². The van der Waals surface area contributed by atoms with Crippen LogP contribution in [-0.4, -0.2) is 10.5 Å². The SMILES string of the molecule is N#C/C(c1ccccc1)=[N+](\[O-])c1ccccc1. The minimum absolute atomic E-state index is 0.0943. The summed E-state index contributed by atoms with van der Waals surface area (Å²) in [5.41, 5.74) is 1.17. The Hall–Kier alpha value is -2.60. The van der Waals surface area contributed by atoms with Crippen LogP contribution in [0.3, 0.4) is 0 Å². The van der Waals surface area contributed by atoms with E-state index in [0.29, 0.717) is 16.0 Å². The van der Waals surface area contributed by atoms with E-state index in [4.69, 9.17) is 5.26 Å². The second kappa shape index (κ2) is 4.95. The minimum atomic E-state index is 0.0943. The fourth-order valence-electron chi connectivity index (χ4n) is 1.52. The van der Waals surface area contributed by atoms with Crippen LogP contribution in [-0.2, 0) is 0 Å². The molecule has 0 aromatic heterocycles. The van der Waals surface area contributed by atoms with Gasteiger partial charge in [0.05, 0.1) is 5.56 Å². The van der Waals surface area contributed by atoms with Gasteiger partial charge in [-0.1, -0.05) is 36.4 Å². The van der Waals surface area contributed by atoms with Crippen molar-refractivity contribution in [3.63, 3.8) is 0 Å². The zero-order chi connectivity index (χ0) is 12.1. The van der Waals surface area contributed by atoms with Crippen LogP contribution in [0.1, 0.15) is 5.56 Å². The van der Waals surface area contributed by atoms with Gasteiger partial charge in [-0.3, -0.25) is 0 Å². The molecule has 0 N–H and O–H groups in total. The molecule has 0 heterocycles. The van der Waals surface area contributed by atoms with Gasteiger partial charge in [-0.15, -0.1) is 0 Å². The molecule has 0 amide bonds. The molecule has 2 aromatic rings. The topological polar surface area (TPSA) is 49.9 Å². The van der Waals surface area contributed by atoms with Crippen molar-refractivity contribution in [1.29, 1.82) is 5.26 Å². The van der Waals surface area contributed by atoms with Crippen LogP contribution in [0.15, 0.2) is 60.7 Å². The van der Waals surface area contributed by atoms with Crippen molar-refractivity contribution in [2.45, 2.75) is 0 Å². The summed E-state index contributed by atoms with van der Waals surface area (Å²) in [5, 5.41) is 21.1. The Bertz CT molecular complexity index is 568. The van der Waals surface area contributed by atoms with E-state index in [1.807, 2.05) is 18.2 Å². The molecule has 0 bridgehead atoms. The molecule has 82 valence electrons. The van der Waals surface area contributed by atoms with Crippen LogP contribution in [0.2, 0.25) is 0 Å². The standard InChI is InChI=1S/C14H10N2O/c15-11-14(12-7-3-1-4-8-12)16(17)13-9-5-2-6-10-13/h1-10H/b16-14+. The second-order valence-corrected chi connectivity index (χ2v) is 3.46. The summed E-state index contributed by atoms with van der Waals surface area (Å²) in [6.45, 7) is 0. The van der Waals surface area contributed by atoms with Crippen LogP contribution >= 0.6 is 0 Å². The number of rotatable bonds is 2. The smallest absolute Gasteiger partial charge is 0.302 e. The minimum Gasteiger partial charge on any atom is -0.617 e. The van der Waals surface area contributed by atoms with Gasteiger partial charge in [0.2, 0.25) is 5.69 Å². The Kier molecular flexibility index (Phi) is 3.18. The molecule has 2 aromatic carbocycles. The second-order valence-electron chi connectivity index (χ2n) is 3.46. The Morgan fingerprint density at radius 1 is 0.941 bits per heavy atom. The summed E-state index contributed by atoms with van der Waals surface area (Å²) < 4.78 is 0.648. The highest BCUT2D eigenvalue weighted by molar-refractivity contribution is 6.08. The van der Waals surface area contributed by atoms with Crippen molar-refractivity contribution >= 4 is 11.4 Å². The Morgan fingerprint density at radius 2 is 1.47 bits per heavy atom. The van der Waals surface area contributed by atoms with Gasteiger partial charge in [-0.2, -0.15) is 10.0 Å². The molecule has 0 radical (unpaired) electrons. The lowest BCUT2D eigenvalue weighted by molar-refractivity contribution is -0.358. The number of nitriles is 1. The van der Waals surface area contributed by atoms with Crippen molar-refractivity contribution in [2.24, 2.45) is 0 Å². The van der Waals surface area contributed by atoms with E-state index in [0.717, 1.165) is 0 Å². The molecule has 0 unspecified atom stereocenters. The van der Waals surface area contributed by atoms with Gasteiger partial charge < -0.3 is 5.21 Å². The third-order valence-corrected chi connectivity index (χ3v) is 2.35. The summed E-state index contributed by atoms with van der Waals surface area (Å²) >= 11 is 0. The highest BCUT2D eigenvalue weighted by Crippen LogP contribution is 2.12. The molecular formula is C14H10N2O. The maximum atomic E-state index is 12.0. The summed E-state index contributed by atoms with van der Waals surface area (Å²) in [6, 6.07) is 19.6. The molecule has 0 fully saturated rings. The maximum absolute atomic E-state index is 12.0. The zero-order valence-electron chi connectivity index (χ0n) is 9.08. The fraction of sp³-hybridized carbons (Fsp3) is 0. The third-order valence-electron chi connectivity index (χ3n) is 2.35. The van der Waals surface area contributed by atoms with E-state index in [1.165, 1.54) is 0 Å². The molecule has 3 nitrogen and oxygen atoms in total. The van der Waals surface area contributed by atoms with Crippen molar-refractivity contribution in [1.82, 2.24) is 0 Å². The van der Waals surface area contributed by atoms with Gasteiger partial charge in [0, 0.05) is 12.1 Å². The summed E-state index contributed by atoms with van der Waals surface area (Å²) in [4.78, 5) is 0. The van der Waals surface area contributed by atoms with Gasteiger partial charge in [0.1, 0.15) is 0 Å². The average Bonchev–Trinajstić information content (AvgIpc) is 2.42. The number of hydrogen-bond donors (Lipinski definition) is 0. The molecular weight excluding hydrogens is 212 g/mol. The molecule has 3 heteroatoms. The van der Waals surface area contributed by atoms with Crippen LogP contribution in [0.25, 0.3) is 0 Å². The van der Waals surface area contributed by atoms with E-state index < -0.39 is 0 Å². The molecule has 17 heavy (non-hydrogen) atoms. The Morgan fingerprint density at radius 3 is 2.00 bits per heavy atom. The molecule has 0 spiro atoms. The summed E-state index contributed by atoms with van der Waals surface area (Å²) in [7, 11) is 0. The summed E-state index contributed by atoms with van der Waals surface area (Å²) in [5.74, 6) is 0. The molecule has 0 saturated carbocycles. The predicted octanol–water partition coefficient (Wildman–Crippen LogP) is 2.84. The van der Waals surface area contributed by atoms with E-state index in [-0.39, 0.29) is 5.71 Å². The normalized spacial score (nSPS) is 11.5. The Balaban J connectivity index is 2.53. The Labute approximate surface area is 99.5 Å². The fourth-order valence-corrected chi connectivity index (χ4v) is 1.52. The molecule has 0 aliphatic rings. The monoisotopic (exact) mass is 222 g/mol. The van der Waals surface area contributed by atoms with Crippen LogP contribution in [0, 0.1) is 16.5 Å². The van der Waals surface area contributed by atoms with Crippen LogP contribution in [0.4, 0.5) is 5.69 Å². The van der Waals surface area contributed by atoms with Crippen molar-refractivity contribution < 1.29 is 4.74 Å². The van der Waals surface area contributed by atoms with Gasteiger partial charge in [0.25, 0.3) is 0 Å². The number of para-hydroxylation sites is 1. The predicted molar refractivity (Wildman–Crippen MR) is 65.9 cm³/mol. The van der Waals surface area contributed by atoms with Gasteiger partial charge in [-0.25, -0.2) is 0 Å². The molecule has 0 aliphatic carbocycles. The number of benzene rings is 2. The molecule has 0 aliphatic heterocycles. The van der Waals surface area contributed by atoms with Crippen molar-refractivity contribution in [3.8, 4) is 6.07 Å². The first kappa shape index (κ1) is 10.9. The van der Waals surface area contributed by atoms with E-state index in [2.05, 4.69) is 0 Å². The third kappa shape index (κ3) is 2.32. The van der Waals surface area contributed by atoms with Crippen molar-refractivity contribution in [2.75, 3.05) is 0 Å². The van der Waals surface area contributed by atoms with Gasteiger partial charge in [0.15, 0.2) is 6.07 Å². The quantitative estimate of drug-likeness (QED) is 0.339. The lowest BCUT2D eigenvalue weighted by atomic mass is 10.1. The first-order valence-corrected chi connectivity index (χ1v) is 5.17. The van der Waals surface area contributed by atoms with E-state index in [1.54, 1.807) is 48.5 Å². The average molecular weight is 222 g/mol. The van der Waals surface area contributed by atoms with Gasteiger partial charge >= 0.3 is 5.71 Å². The number of nitrogens with zero attached hydrogens (tertiary/aromatic N) is 2. The van der Waals surface area contributed by atoms with Crippen molar-refractivity contribution in [3.05, 3.63) is 71.4 Å². The maximum Gasteiger partial charge on any atom is 0.302 e. The zero-order valence-corrected chi connectivity index (χ0v) is 9.08. The lowest BCUT2D eigenvalue weighted by Gasteiger charge is -2.05. The van der Waals surface area contributed by atoms with E-state index >= 15 is 0 Å². The molecule has 0 saturated heterocycles. The first-order valence-electron chi connectivity index (χ1n) is 5.17. The van der Waals surface area contributed by atoms with Crippen LogP contribution in [0.5, 0.6) is 0 Å². The molecule has 2 rings (SSSR count). The molecule has 0 atom stereocenters. The lowest BCUT2D eigenvalue weighted by Crippen LogP contribution is -2.10. The first-order chi connectivity index (χ1) is 8.33. The highest BCUT2D eigenvalue weighted by Gasteiger charge is 2.13. The van der Waals surface area contributed by atoms with Crippen LogP contribution < -0.4 is 0 Å². The summed E-state index contributed by atoms with van der Waals surface area (Å²) in [6.07, 6.45) is 0.